The minimum Gasteiger partial charge on any atom is -0.493 e. The van der Waals surface area contributed by atoms with Crippen molar-refractivity contribution in [1.29, 1.82) is 0 Å². The normalized spacial score (nSPS) is 15.1. The average Bonchev–Trinajstić information content (AvgIpc) is 2.81. The smallest absolute Gasteiger partial charge is 0.122 e. The second-order valence-corrected chi connectivity index (χ2v) is 4.59. The van der Waals surface area contributed by atoms with Gasteiger partial charge in [0.05, 0.1) is 6.61 Å². The first-order valence-corrected chi connectivity index (χ1v) is 6.36. The van der Waals surface area contributed by atoms with Crippen LogP contribution in [0.2, 0.25) is 0 Å². The second kappa shape index (κ2) is 5.87. The van der Waals surface area contributed by atoms with Gasteiger partial charge in [-0.25, -0.2) is 0 Å². The lowest BCUT2D eigenvalue weighted by atomic mass is 10.0. The average molecular weight is 231 g/mol. The van der Waals surface area contributed by atoms with E-state index in [2.05, 4.69) is 30.1 Å². The molecular formula is C15H21NO. The van der Waals surface area contributed by atoms with E-state index in [1.54, 1.807) is 0 Å². The highest BCUT2D eigenvalue weighted by Gasteiger charge is 2.12. The van der Waals surface area contributed by atoms with Gasteiger partial charge in [0, 0.05) is 12.5 Å². The summed E-state index contributed by atoms with van der Waals surface area (Å²) in [5, 5.41) is 3.33. The molecule has 0 aliphatic carbocycles. The first-order valence-electron chi connectivity index (χ1n) is 6.36. The molecule has 1 atom stereocenters. The third kappa shape index (κ3) is 3.10. The topological polar surface area (TPSA) is 21.3 Å². The van der Waals surface area contributed by atoms with Crippen molar-refractivity contribution in [2.75, 3.05) is 13.7 Å². The summed E-state index contributed by atoms with van der Waals surface area (Å²) in [6.45, 7) is 4.64. The maximum Gasteiger partial charge on any atom is 0.122 e. The van der Waals surface area contributed by atoms with E-state index in [9.17, 15) is 0 Å². The lowest BCUT2D eigenvalue weighted by Crippen LogP contribution is -2.24. The van der Waals surface area contributed by atoms with Crippen molar-refractivity contribution in [1.82, 2.24) is 5.32 Å². The van der Waals surface area contributed by atoms with Crippen LogP contribution in [0.4, 0.5) is 0 Å². The molecule has 1 aliphatic heterocycles. The molecule has 2 nitrogen and oxygen atoms in total. The molecule has 1 heterocycles. The van der Waals surface area contributed by atoms with Crippen molar-refractivity contribution in [3.63, 3.8) is 0 Å². The molecule has 0 radical (unpaired) electrons. The zero-order chi connectivity index (χ0) is 12.1. The Hall–Kier alpha value is -1.28. The first-order chi connectivity index (χ1) is 8.33. The Morgan fingerprint density at radius 2 is 2.41 bits per heavy atom. The monoisotopic (exact) mass is 231 g/mol. The van der Waals surface area contributed by atoms with E-state index in [1.165, 1.54) is 11.1 Å². The van der Waals surface area contributed by atoms with Crippen LogP contribution in [0.15, 0.2) is 30.9 Å². The number of fused-ring (bicyclic) bond motifs is 1. The summed E-state index contributed by atoms with van der Waals surface area (Å²) < 4.78 is 5.51. The van der Waals surface area contributed by atoms with E-state index in [-0.39, 0.29) is 0 Å². The van der Waals surface area contributed by atoms with E-state index < -0.39 is 0 Å². The molecule has 0 bridgehead atoms. The van der Waals surface area contributed by atoms with Gasteiger partial charge in [-0.05, 0) is 43.5 Å². The summed E-state index contributed by atoms with van der Waals surface area (Å²) in [7, 11) is 2.02. The van der Waals surface area contributed by atoms with Crippen LogP contribution in [0.25, 0.3) is 0 Å². The minimum absolute atomic E-state index is 0.539. The summed E-state index contributed by atoms with van der Waals surface area (Å²) in [6.07, 6.45) is 6.35. The lowest BCUT2D eigenvalue weighted by molar-refractivity contribution is 0.357. The fraction of sp³-hybridized carbons (Fsp3) is 0.467. The Labute approximate surface area is 104 Å². The Balaban J connectivity index is 1.92. The number of nitrogens with one attached hydrogen (secondary N) is 1. The summed E-state index contributed by atoms with van der Waals surface area (Å²) in [4.78, 5) is 0. The Morgan fingerprint density at radius 3 is 3.18 bits per heavy atom. The van der Waals surface area contributed by atoms with Gasteiger partial charge in [0.2, 0.25) is 0 Å². The minimum atomic E-state index is 0.539. The lowest BCUT2D eigenvalue weighted by Gasteiger charge is -2.14. The van der Waals surface area contributed by atoms with Gasteiger partial charge in [0.1, 0.15) is 5.75 Å². The molecule has 1 aromatic rings. The number of hydrogen-bond acceptors (Lipinski definition) is 2. The van der Waals surface area contributed by atoms with E-state index in [0.717, 1.165) is 38.0 Å². The van der Waals surface area contributed by atoms with E-state index in [1.807, 2.05) is 13.1 Å². The molecular weight excluding hydrogens is 210 g/mol. The quantitative estimate of drug-likeness (QED) is 0.760. The molecule has 0 saturated carbocycles. The molecule has 0 saturated heterocycles. The molecule has 1 aliphatic rings. The predicted octanol–water partition coefficient (Wildman–Crippen LogP) is 2.72. The largest absolute Gasteiger partial charge is 0.493 e. The standard InChI is InChI=1S/C15H21NO/c1-3-4-14(16-2)7-5-12-6-8-15-13(11-12)9-10-17-15/h3,6,8,11,14,16H,1,4-5,7,9-10H2,2H3. The molecule has 1 unspecified atom stereocenters. The van der Waals surface area contributed by atoms with E-state index in [0.29, 0.717) is 6.04 Å². The van der Waals surface area contributed by atoms with Crippen molar-refractivity contribution in [2.45, 2.75) is 31.7 Å². The maximum absolute atomic E-state index is 5.51. The fourth-order valence-electron chi connectivity index (χ4n) is 2.32. The highest BCUT2D eigenvalue weighted by Crippen LogP contribution is 2.26. The molecule has 92 valence electrons. The second-order valence-electron chi connectivity index (χ2n) is 4.59. The van der Waals surface area contributed by atoms with Gasteiger partial charge in [-0.3, -0.25) is 0 Å². The van der Waals surface area contributed by atoms with Crippen LogP contribution in [0.1, 0.15) is 24.0 Å². The van der Waals surface area contributed by atoms with Crippen LogP contribution in [0, 0.1) is 0 Å². The summed E-state index contributed by atoms with van der Waals surface area (Å²) in [6, 6.07) is 7.13. The highest BCUT2D eigenvalue weighted by atomic mass is 16.5. The number of ether oxygens (including phenoxy) is 1. The van der Waals surface area contributed by atoms with Crippen LogP contribution in [0.5, 0.6) is 5.75 Å². The van der Waals surface area contributed by atoms with E-state index in [4.69, 9.17) is 4.74 Å². The Morgan fingerprint density at radius 1 is 1.53 bits per heavy atom. The third-order valence-corrected chi connectivity index (χ3v) is 3.39. The number of rotatable bonds is 6. The number of aryl methyl sites for hydroxylation is 1. The van der Waals surface area contributed by atoms with Crippen molar-refractivity contribution >= 4 is 0 Å². The Bertz CT molecular complexity index is 387. The van der Waals surface area contributed by atoms with Crippen LogP contribution in [0.3, 0.4) is 0 Å². The molecule has 2 rings (SSSR count). The van der Waals surface area contributed by atoms with Crippen LogP contribution in [-0.2, 0) is 12.8 Å². The first kappa shape index (κ1) is 12.2. The number of hydrogen-bond donors (Lipinski definition) is 1. The predicted molar refractivity (Wildman–Crippen MR) is 71.6 cm³/mol. The maximum atomic E-state index is 5.51. The summed E-state index contributed by atoms with van der Waals surface area (Å²) >= 11 is 0. The van der Waals surface area contributed by atoms with Crippen molar-refractivity contribution in [3.05, 3.63) is 42.0 Å². The number of benzene rings is 1. The van der Waals surface area contributed by atoms with Gasteiger partial charge >= 0.3 is 0 Å². The van der Waals surface area contributed by atoms with E-state index >= 15 is 0 Å². The van der Waals surface area contributed by atoms with Crippen LogP contribution >= 0.6 is 0 Å². The summed E-state index contributed by atoms with van der Waals surface area (Å²) in [5.74, 6) is 1.07. The fourth-order valence-corrected chi connectivity index (χ4v) is 2.32. The van der Waals surface area contributed by atoms with Gasteiger partial charge < -0.3 is 10.1 Å². The van der Waals surface area contributed by atoms with Gasteiger partial charge in [0.15, 0.2) is 0 Å². The van der Waals surface area contributed by atoms with Gasteiger partial charge in [0.25, 0.3) is 0 Å². The van der Waals surface area contributed by atoms with Gasteiger partial charge in [-0.1, -0.05) is 18.2 Å². The molecule has 0 spiro atoms. The molecule has 0 fully saturated rings. The highest BCUT2D eigenvalue weighted by molar-refractivity contribution is 5.39. The molecule has 2 heteroatoms. The van der Waals surface area contributed by atoms with Crippen molar-refractivity contribution in [3.8, 4) is 5.75 Å². The molecule has 1 N–H and O–H groups in total. The zero-order valence-corrected chi connectivity index (χ0v) is 10.5. The zero-order valence-electron chi connectivity index (χ0n) is 10.5. The Kier molecular flexibility index (Phi) is 4.21. The summed E-state index contributed by atoms with van der Waals surface area (Å²) in [5.41, 5.74) is 2.78. The van der Waals surface area contributed by atoms with Gasteiger partial charge in [-0.15, -0.1) is 6.58 Å². The van der Waals surface area contributed by atoms with Gasteiger partial charge in [-0.2, -0.15) is 0 Å². The molecule has 17 heavy (non-hydrogen) atoms. The van der Waals surface area contributed by atoms with Crippen LogP contribution in [-0.4, -0.2) is 19.7 Å². The molecule has 0 aromatic heterocycles. The third-order valence-electron chi connectivity index (χ3n) is 3.39. The van der Waals surface area contributed by atoms with Crippen LogP contribution < -0.4 is 10.1 Å². The molecule has 1 aromatic carbocycles. The van der Waals surface area contributed by atoms with Crippen molar-refractivity contribution in [2.24, 2.45) is 0 Å². The SMILES string of the molecule is C=CCC(CCc1ccc2c(c1)CCO2)NC. The molecule has 0 amide bonds. The van der Waals surface area contributed by atoms with Crippen molar-refractivity contribution < 1.29 is 4.74 Å².